The lowest BCUT2D eigenvalue weighted by Crippen LogP contribution is -2.42. The van der Waals surface area contributed by atoms with E-state index in [9.17, 15) is 14.0 Å². The first-order valence-electron chi connectivity index (χ1n) is 14.7. The maximum atomic E-state index is 13.6. The van der Waals surface area contributed by atoms with Crippen LogP contribution in [0.15, 0.2) is 60.8 Å². The Balaban J connectivity index is 1.09. The first-order chi connectivity index (χ1) is 20.2. The Morgan fingerprint density at radius 1 is 0.905 bits per heavy atom. The van der Waals surface area contributed by atoms with Gasteiger partial charge in [0.05, 0.1) is 5.52 Å². The third-order valence-electron chi connectivity index (χ3n) is 8.85. The Morgan fingerprint density at radius 2 is 1.60 bits per heavy atom. The molecule has 3 aromatic carbocycles. The van der Waals surface area contributed by atoms with Crippen molar-refractivity contribution in [1.82, 2.24) is 19.3 Å². The molecule has 0 unspecified atom stereocenters. The van der Waals surface area contributed by atoms with Crippen molar-refractivity contribution in [2.45, 2.75) is 39.5 Å². The SMILES string of the molecule is Cc1cc(C)c(C(=O)N2CCN(CCN3CCC(c4cn(-c5ccc(F)cc5)c5ccc(Cl)cc45)CC3)C2=O)c(C)c1. The van der Waals surface area contributed by atoms with Crippen LogP contribution in [0.4, 0.5) is 9.18 Å². The van der Waals surface area contributed by atoms with Gasteiger partial charge in [-0.05, 0) is 112 Å². The Labute approximate surface area is 251 Å². The molecule has 0 saturated carbocycles. The van der Waals surface area contributed by atoms with Crippen LogP contribution in [0.3, 0.4) is 0 Å². The molecule has 0 radical (unpaired) electrons. The molecule has 0 aliphatic carbocycles. The number of halogens is 2. The summed E-state index contributed by atoms with van der Waals surface area (Å²) in [6.07, 6.45) is 4.18. The second-order valence-corrected chi connectivity index (χ2v) is 12.1. The number of likely N-dealkylation sites (tertiary alicyclic amines) is 1. The predicted octanol–water partition coefficient (Wildman–Crippen LogP) is 7.11. The Kier molecular flexibility index (Phi) is 7.81. The van der Waals surface area contributed by atoms with Gasteiger partial charge in [0.15, 0.2) is 0 Å². The van der Waals surface area contributed by atoms with Gasteiger partial charge in [-0.15, -0.1) is 0 Å². The molecule has 2 aliphatic heterocycles. The van der Waals surface area contributed by atoms with Crippen LogP contribution in [0, 0.1) is 26.6 Å². The van der Waals surface area contributed by atoms with Crippen molar-refractivity contribution in [3.05, 3.63) is 99.5 Å². The number of amides is 3. The molecule has 2 fully saturated rings. The van der Waals surface area contributed by atoms with E-state index in [0.717, 1.165) is 65.8 Å². The van der Waals surface area contributed by atoms with Crippen molar-refractivity contribution >= 4 is 34.4 Å². The average Bonchev–Trinajstić information content (AvgIpc) is 3.52. The molecule has 3 amide bonds. The number of hydrogen-bond donors (Lipinski definition) is 0. The molecule has 42 heavy (non-hydrogen) atoms. The Bertz CT molecular complexity index is 1630. The fraction of sp³-hybridized carbons (Fsp3) is 0.353. The van der Waals surface area contributed by atoms with E-state index in [4.69, 9.17) is 11.6 Å². The topological polar surface area (TPSA) is 48.8 Å². The molecule has 2 aliphatic rings. The molecular weight excluding hydrogens is 551 g/mol. The summed E-state index contributed by atoms with van der Waals surface area (Å²) in [6, 6.07) is 16.3. The maximum absolute atomic E-state index is 13.6. The summed E-state index contributed by atoms with van der Waals surface area (Å²) >= 11 is 6.41. The van der Waals surface area contributed by atoms with Gasteiger partial charge in [-0.25, -0.2) is 9.18 Å². The molecule has 0 bridgehead atoms. The summed E-state index contributed by atoms with van der Waals surface area (Å²) in [4.78, 5) is 32.1. The van der Waals surface area contributed by atoms with Gasteiger partial charge in [0, 0.05) is 54.0 Å². The van der Waals surface area contributed by atoms with E-state index in [0.29, 0.717) is 36.1 Å². The van der Waals surface area contributed by atoms with Gasteiger partial charge in [0.1, 0.15) is 5.82 Å². The molecule has 4 aromatic rings. The second-order valence-electron chi connectivity index (χ2n) is 11.7. The number of hydrogen-bond acceptors (Lipinski definition) is 3. The van der Waals surface area contributed by atoms with E-state index in [-0.39, 0.29) is 17.8 Å². The number of benzene rings is 3. The minimum absolute atomic E-state index is 0.195. The van der Waals surface area contributed by atoms with Gasteiger partial charge in [-0.1, -0.05) is 29.3 Å². The number of carbonyl (C=O) groups is 2. The fourth-order valence-electron chi connectivity index (χ4n) is 6.73. The summed E-state index contributed by atoms with van der Waals surface area (Å²) in [5.41, 5.74) is 6.82. The summed E-state index contributed by atoms with van der Waals surface area (Å²) in [7, 11) is 0. The number of imide groups is 1. The van der Waals surface area contributed by atoms with E-state index in [1.807, 2.05) is 51.1 Å². The lowest BCUT2D eigenvalue weighted by molar-refractivity contribution is 0.0819. The monoisotopic (exact) mass is 586 g/mol. The number of aromatic nitrogens is 1. The normalized spacial score (nSPS) is 16.6. The van der Waals surface area contributed by atoms with Crippen LogP contribution in [-0.4, -0.2) is 70.5 Å². The number of rotatable bonds is 6. The van der Waals surface area contributed by atoms with Crippen molar-refractivity contribution in [2.24, 2.45) is 0 Å². The maximum Gasteiger partial charge on any atom is 0.327 e. The summed E-state index contributed by atoms with van der Waals surface area (Å²) in [6.45, 7) is 10.1. The van der Waals surface area contributed by atoms with Gasteiger partial charge >= 0.3 is 6.03 Å². The van der Waals surface area contributed by atoms with Crippen molar-refractivity contribution in [1.29, 1.82) is 0 Å². The van der Waals surface area contributed by atoms with Gasteiger partial charge in [-0.3, -0.25) is 9.69 Å². The zero-order chi connectivity index (χ0) is 29.5. The van der Waals surface area contributed by atoms with Gasteiger partial charge in [-0.2, -0.15) is 0 Å². The van der Waals surface area contributed by atoms with E-state index in [1.54, 1.807) is 17.0 Å². The standard InChI is InChI=1S/C34H36ClFN4O2/c1-22-18-23(2)32(24(3)19-22)33(41)39-17-16-38(34(39)42)15-14-37-12-10-25(11-13-37)30-21-40(28-7-5-27(36)6-8-28)31-9-4-26(35)20-29(30)31/h4-9,18-21,25H,10-17H2,1-3H3. The van der Waals surface area contributed by atoms with E-state index in [2.05, 4.69) is 15.7 Å². The molecule has 6 rings (SSSR count). The highest BCUT2D eigenvalue weighted by Crippen LogP contribution is 2.37. The van der Waals surface area contributed by atoms with Crippen LogP contribution in [0.2, 0.25) is 5.02 Å². The lowest BCUT2D eigenvalue weighted by atomic mass is 9.89. The highest BCUT2D eigenvalue weighted by molar-refractivity contribution is 6.31. The number of fused-ring (bicyclic) bond motifs is 1. The first-order valence-corrected chi connectivity index (χ1v) is 15.0. The van der Waals surface area contributed by atoms with Crippen LogP contribution in [0.1, 0.15) is 51.4 Å². The Hall–Kier alpha value is -3.68. The minimum Gasteiger partial charge on any atom is -0.321 e. The summed E-state index contributed by atoms with van der Waals surface area (Å²) < 4.78 is 15.7. The molecular formula is C34H36ClFN4O2. The molecule has 0 N–H and O–H groups in total. The summed E-state index contributed by atoms with van der Waals surface area (Å²) in [5.74, 6) is -0.0677. The van der Waals surface area contributed by atoms with Crippen molar-refractivity contribution in [3.8, 4) is 5.69 Å². The zero-order valence-corrected chi connectivity index (χ0v) is 25.1. The largest absolute Gasteiger partial charge is 0.327 e. The van der Waals surface area contributed by atoms with Crippen LogP contribution in [0.25, 0.3) is 16.6 Å². The van der Waals surface area contributed by atoms with Crippen molar-refractivity contribution in [3.63, 3.8) is 0 Å². The fourth-order valence-corrected chi connectivity index (χ4v) is 6.90. The minimum atomic E-state index is -0.253. The predicted molar refractivity (Wildman–Crippen MR) is 165 cm³/mol. The molecule has 2 saturated heterocycles. The van der Waals surface area contributed by atoms with Crippen LogP contribution in [-0.2, 0) is 0 Å². The number of urea groups is 1. The highest BCUT2D eigenvalue weighted by atomic mass is 35.5. The number of piperidine rings is 1. The smallest absolute Gasteiger partial charge is 0.321 e. The zero-order valence-electron chi connectivity index (χ0n) is 24.4. The van der Waals surface area contributed by atoms with Crippen LogP contribution < -0.4 is 0 Å². The molecule has 1 aromatic heterocycles. The second kappa shape index (κ2) is 11.5. The molecule has 8 heteroatoms. The number of carbonyl (C=O) groups excluding carboxylic acids is 2. The van der Waals surface area contributed by atoms with Crippen LogP contribution in [0.5, 0.6) is 0 Å². The van der Waals surface area contributed by atoms with Crippen LogP contribution >= 0.6 is 11.6 Å². The molecule has 3 heterocycles. The average molecular weight is 587 g/mol. The summed E-state index contributed by atoms with van der Waals surface area (Å²) in [5, 5.41) is 1.84. The molecule has 0 spiro atoms. The Morgan fingerprint density at radius 3 is 2.29 bits per heavy atom. The third-order valence-corrected chi connectivity index (χ3v) is 9.08. The van der Waals surface area contributed by atoms with Gasteiger partial charge < -0.3 is 14.4 Å². The number of nitrogens with zero attached hydrogens (tertiary/aromatic N) is 4. The van der Waals surface area contributed by atoms with Gasteiger partial charge in [0.25, 0.3) is 5.91 Å². The lowest BCUT2D eigenvalue weighted by Gasteiger charge is -2.33. The van der Waals surface area contributed by atoms with Crippen molar-refractivity contribution in [2.75, 3.05) is 39.3 Å². The number of aryl methyl sites for hydroxylation is 3. The van der Waals surface area contributed by atoms with E-state index >= 15 is 0 Å². The third kappa shape index (κ3) is 5.43. The van der Waals surface area contributed by atoms with Gasteiger partial charge in [0.2, 0.25) is 0 Å². The molecule has 218 valence electrons. The first kappa shape index (κ1) is 28.4. The molecule has 6 nitrogen and oxygen atoms in total. The van der Waals surface area contributed by atoms with Crippen molar-refractivity contribution < 1.29 is 14.0 Å². The quantitative estimate of drug-likeness (QED) is 0.242. The van der Waals surface area contributed by atoms with E-state index in [1.165, 1.54) is 22.6 Å². The highest BCUT2D eigenvalue weighted by Gasteiger charge is 2.35. The molecule has 0 atom stereocenters. The van der Waals surface area contributed by atoms with E-state index < -0.39 is 0 Å².